The molecule has 0 spiro atoms. The Morgan fingerprint density at radius 2 is 1.61 bits per heavy atom. The maximum Gasteiger partial charge on any atom is 0.326 e. The second-order valence-corrected chi connectivity index (χ2v) is 4.97. The van der Waals surface area contributed by atoms with Gasteiger partial charge in [-0.2, -0.15) is 0 Å². The second kappa shape index (κ2) is 7.68. The number of esters is 1. The van der Waals surface area contributed by atoms with Crippen molar-refractivity contribution in [3.05, 3.63) is 0 Å². The highest BCUT2D eigenvalue weighted by atomic mass is 16.7. The van der Waals surface area contributed by atoms with E-state index in [0.717, 1.165) is 0 Å². The first kappa shape index (κ1) is 17.3. The van der Waals surface area contributed by atoms with Gasteiger partial charge in [0.1, 0.15) is 11.6 Å². The zero-order chi connectivity index (χ0) is 14.3. The molecule has 0 rings (SSSR count). The van der Waals surface area contributed by atoms with Crippen LogP contribution >= 0.6 is 0 Å². The molecule has 6 nitrogen and oxygen atoms in total. The zero-order valence-electron chi connectivity index (χ0n) is 12.1. The van der Waals surface area contributed by atoms with Crippen molar-refractivity contribution in [2.45, 2.75) is 51.2 Å². The lowest BCUT2D eigenvalue weighted by atomic mass is 10.1. The van der Waals surface area contributed by atoms with E-state index in [2.05, 4.69) is 0 Å². The van der Waals surface area contributed by atoms with Crippen molar-refractivity contribution >= 4 is 5.97 Å². The molecule has 0 saturated carbocycles. The Hall–Kier alpha value is -0.690. The summed E-state index contributed by atoms with van der Waals surface area (Å²) in [4.78, 5) is 11.8. The van der Waals surface area contributed by atoms with Gasteiger partial charge in [-0.15, -0.1) is 0 Å². The molecule has 6 heteroatoms. The first-order chi connectivity index (χ1) is 8.25. The van der Waals surface area contributed by atoms with Crippen LogP contribution in [0.2, 0.25) is 0 Å². The number of nitrogens with two attached hydrogens (primary N) is 1. The predicted octanol–water partition coefficient (Wildman–Crippen LogP) is 0.679. The van der Waals surface area contributed by atoms with Crippen LogP contribution in [0.3, 0.4) is 0 Å². The van der Waals surface area contributed by atoms with Crippen LogP contribution in [0.15, 0.2) is 0 Å². The number of carbonyl (C=O) groups excluding carboxylic acids is 1. The van der Waals surface area contributed by atoms with Crippen molar-refractivity contribution < 1.29 is 23.7 Å². The van der Waals surface area contributed by atoms with Crippen LogP contribution in [0.1, 0.15) is 27.2 Å². The minimum Gasteiger partial charge on any atom is -0.459 e. The molecule has 108 valence electrons. The van der Waals surface area contributed by atoms with Gasteiger partial charge in [-0.3, -0.25) is 4.79 Å². The molecule has 2 atom stereocenters. The lowest BCUT2D eigenvalue weighted by Crippen LogP contribution is -2.47. The molecule has 0 amide bonds. The van der Waals surface area contributed by atoms with Gasteiger partial charge in [-0.1, -0.05) is 0 Å². The molecule has 0 saturated heterocycles. The second-order valence-electron chi connectivity index (χ2n) is 4.97. The number of carbonyl (C=O) groups is 1. The topological polar surface area (TPSA) is 80.0 Å². The average molecular weight is 263 g/mol. The van der Waals surface area contributed by atoms with Gasteiger partial charge in [0.2, 0.25) is 0 Å². The van der Waals surface area contributed by atoms with Crippen molar-refractivity contribution in [1.82, 2.24) is 0 Å². The van der Waals surface area contributed by atoms with Crippen LogP contribution in [-0.2, 0) is 23.7 Å². The van der Waals surface area contributed by atoms with Gasteiger partial charge in [0.15, 0.2) is 6.29 Å². The maximum absolute atomic E-state index is 11.8. The van der Waals surface area contributed by atoms with Gasteiger partial charge in [-0.25, -0.2) is 0 Å². The number of rotatable bonds is 7. The van der Waals surface area contributed by atoms with Crippen molar-refractivity contribution in [2.75, 3.05) is 21.3 Å². The van der Waals surface area contributed by atoms with E-state index in [0.29, 0.717) is 6.42 Å². The minimum absolute atomic E-state index is 0.351. The molecule has 0 heterocycles. The first-order valence-corrected chi connectivity index (χ1v) is 5.82. The monoisotopic (exact) mass is 263 g/mol. The molecule has 0 aromatic carbocycles. The molecule has 0 aliphatic heterocycles. The summed E-state index contributed by atoms with van der Waals surface area (Å²) >= 11 is 0. The van der Waals surface area contributed by atoms with Gasteiger partial charge in [0.05, 0.1) is 6.10 Å². The van der Waals surface area contributed by atoms with E-state index in [1.807, 2.05) is 0 Å². The van der Waals surface area contributed by atoms with Crippen LogP contribution in [0, 0.1) is 0 Å². The van der Waals surface area contributed by atoms with E-state index < -0.39 is 30.0 Å². The molecule has 0 aromatic rings. The van der Waals surface area contributed by atoms with E-state index in [1.165, 1.54) is 21.3 Å². The number of ether oxygens (including phenoxy) is 4. The molecule has 18 heavy (non-hydrogen) atoms. The molecular weight excluding hydrogens is 238 g/mol. The van der Waals surface area contributed by atoms with E-state index >= 15 is 0 Å². The van der Waals surface area contributed by atoms with Gasteiger partial charge in [0, 0.05) is 27.8 Å². The standard InChI is InChI=1S/C12H25NO5/c1-12(2,3)18-11(14)10(13)8(15-4)7-9(16-5)17-6/h8-10H,7,13H2,1-6H3. The van der Waals surface area contributed by atoms with Crippen LogP contribution < -0.4 is 5.73 Å². The van der Waals surface area contributed by atoms with Crippen LogP contribution in [0.25, 0.3) is 0 Å². The third-order valence-corrected chi connectivity index (χ3v) is 2.33. The summed E-state index contributed by atoms with van der Waals surface area (Å²) in [5, 5.41) is 0. The maximum atomic E-state index is 11.8. The fraction of sp³-hybridized carbons (Fsp3) is 0.917. The normalized spacial score (nSPS) is 15.6. The molecule has 2 unspecified atom stereocenters. The molecule has 0 aliphatic rings. The molecule has 0 aliphatic carbocycles. The predicted molar refractivity (Wildman–Crippen MR) is 67.0 cm³/mol. The highest BCUT2D eigenvalue weighted by Crippen LogP contribution is 2.13. The van der Waals surface area contributed by atoms with Gasteiger partial charge in [0.25, 0.3) is 0 Å². The summed E-state index contributed by atoms with van der Waals surface area (Å²) in [5.41, 5.74) is 5.25. The van der Waals surface area contributed by atoms with E-state index in [4.69, 9.17) is 24.7 Å². The third-order valence-electron chi connectivity index (χ3n) is 2.33. The Morgan fingerprint density at radius 1 is 1.11 bits per heavy atom. The molecule has 2 N–H and O–H groups in total. The van der Waals surface area contributed by atoms with Crippen molar-refractivity contribution in [2.24, 2.45) is 5.73 Å². The Kier molecular flexibility index (Phi) is 7.39. The highest BCUT2D eigenvalue weighted by molar-refractivity contribution is 5.76. The smallest absolute Gasteiger partial charge is 0.326 e. The van der Waals surface area contributed by atoms with Crippen molar-refractivity contribution in [1.29, 1.82) is 0 Å². The minimum atomic E-state index is -0.873. The van der Waals surface area contributed by atoms with Gasteiger partial charge in [-0.05, 0) is 20.8 Å². The molecule has 0 radical (unpaired) electrons. The molecular formula is C12H25NO5. The number of hydrogen-bond acceptors (Lipinski definition) is 6. The lowest BCUT2D eigenvalue weighted by molar-refractivity contribution is -0.164. The van der Waals surface area contributed by atoms with E-state index in [9.17, 15) is 4.79 Å². The Balaban J connectivity index is 4.50. The van der Waals surface area contributed by atoms with E-state index in [-0.39, 0.29) is 0 Å². The third kappa shape index (κ3) is 6.30. The summed E-state index contributed by atoms with van der Waals surface area (Å²) < 4.78 is 20.5. The molecule has 0 bridgehead atoms. The molecule has 0 aromatic heterocycles. The SMILES string of the molecule is COC(CC(OC)C(N)C(=O)OC(C)(C)C)OC. The summed E-state index contributed by atoms with van der Waals surface area (Å²) in [5.74, 6) is -0.500. The zero-order valence-corrected chi connectivity index (χ0v) is 12.1. The summed E-state index contributed by atoms with van der Waals surface area (Å²) in [6.45, 7) is 5.35. The summed E-state index contributed by atoms with van der Waals surface area (Å²) in [7, 11) is 4.51. The van der Waals surface area contributed by atoms with E-state index in [1.54, 1.807) is 20.8 Å². The highest BCUT2D eigenvalue weighted by Gasteiger charge is 2.31. The van der Waals surface area contributed by atoms with Crippen LogP contribution in [0.4, 0.5) is 0 Å². The summed E-state index contributed by atoms with van der Waals surface area (Å²) in [6.07, 6.45) is -0.641. The largest absolute Gasteiger partial charge is 0.459 e. The quantitative estimate of drug-likeness (QED) is 0.537. The Morgan fingerprint density at radius 3 is 1.94 bits per heavy atom. The Bertz CT molecular complexity index is 247. The van der Waals surface area contributed by atoms with Gasteiger partial charge >= 0.3 is 5.97 Å². The number of methoxy groups -OCH3 is 3. The fourth-order valence-electron chi connectivity index (χ4n) is 1.39. The average Bonchev–Trinajstić information content (AvgIpc) is 2.28. The number of hydrogen-bond donors (Lipinski definition) is 1. The fourth-order valence-corrected chi connectivity index (χ4v) is 1.39. The van der Waals surface area contributed by atoms with Crippen molar-refractivity contribution in [3.8, 4) is 0 Å². The molecule has 0 fully saturated rings. The van der Waals surface area contributed by atoms with Crippen LogP contribution in [-0.4, -0.2) is 51.3 Å². The Labute approximate surface area is 109 Å². The first-order valence-electron chi connectivity index (χ1n) is 5.82. The summed E-state index contributed by atoms with van der Waals surface area (Å²) in [6, 6.07) is -0.873. The lowest BCUT2D eigenvalue weighted by Gasteiger charge is -2.27. The van der Waals surface area contributed by atoms with Crippen molar-refractivity contribution in [3.63, 3.8) is 0 Å². The van der Waals surface area contributed by atoms with Gasteiger partial charge < -0.3 is 24.7 Å². The van der Waals surface area contributed by atoms with Crippen LogP contribution in [0.5, 0.6) is 0 Å².